The topological polar surface area (TPSA) is 38.9 Å². The van der Waals surface area contributed by atoms with Crippen molar-refractivity contribution in [3.05, 3.63) is 76.9 Å². The van der Waals surface area contributed by atoms with Crippen LogP contribution in [-0.2, 0) is 0 Å². The molecule has 0 bridgehead atoms. The lowest BCUT2D eigenvalue weighted by Crippen LogP contribution is -2.13. The predicted molar refractivity (Wildman–Crippen MR) is 79.2 cm³/mol. The number of hydrogen-bond acceptors (Lipinski definition) is 2. The average molecular weight is 269 g/mol. The van der Waals surface area contributed by atoms with Crippen LogP contribution in [0.1, 0.15) is 17.3 Å². The van der Waals surface area contributed by atoms with Crippen molar-refractivity contribution in [2.75, 3.05) is 0 Å². The Morgan fingerprint density at radius 3 is 2.42 bits per heavy atom. The molecule has 1 unspecified atom stereocenters. The number of para-hydroxylation sites is 1. The van der Waals surface area contributed by atoms with Crippen LogP contribution in [-0.4, -0.2) is 4.98 Å². The van der Waals surface area contributed by atoms with Gasteiger partial charge in [-0.1, -0.05) is 48.0 Å². The van der Waals surface area contributed by atoms with Crippen molar-refractivity contribution >= 4 is 22.5 Å². The van der Waals surface area contributed by atoms with Gasteiger partial charge >= 0.3 is 0 Å². The Morgan fingerprint density at radius 2 is 1.63 bits per heavy atom. The van der Waals surface area contributed by atoms with E-state index in [0.29, 0.717) is 5.02 Å². The van der Waals surface area contributed by atoms with Gasteiger partial charge in [0.25, 0.3) is 0 Å². The van der Waals surface area contributed by atoms with Crippen LogP contribution in [0.2, 0.25) is 5.02 Å². The van der Waals surface area contributed by atoms with Gasteiger partial charge in [-0.05, 0) is 29.8 Å². The first-order valence-corrected chi connectivity index (χ1v) is 6.48. The van der Waals surface area contributed by atoms with E-state index < -0.39 is 0 Å². The van der Waals surface area contributed by atoms with Crippen molar-refractivity contribution in [1.29, 1.82) is 0 Å². The van der Waals surface area contributed by atoms with Gasteiger partial charge in [0.15, 0.2) is 0 Å². The fraction of sp³-hybridized carbons (Fsp3) is 0.0625. The van der Waals surface area contributed by atoms with E-state index in [1.165, 1.54) is 0 Å². The van der Waals surface area contributed by atoms with E-state index in [0.717, 1.165) is 22.2 Å². The summed E-state index contributed by atoms with van der Waals surface area (Å²) in [6.45, 7) is 0. The fourth-order valence-electron chi connectivity index (χ4n) is 2.10. The van der Waals surface area contributed by atoms with Crippen molar-refractivity contribution in [2.45, 2.75) is 6.04 Å². The highest BCUT2D eigenvalue weighted by molar-refractivity contribution is 6.30. The Labute approximate surface area is 116 Å². The second-order valence-corrected chi connectivity index (χ2v) is 4.89. The Kier molecular flexibility index (Phi) is 3.20. The minimum Gasteiger partial charge on any atom is -0.319 e. The van der Waals surface area contributed by atoms with Gasteiger partial charge in [0, 0.05) is 10.4 Å². The van der Waals surface area contributed by atoms with Crippen LogP contribution in [0.5, 0.6) is 0 Å². The van der Waals surface area contributed by atoms with Gasteiger partial charge in [0.05, 0.1) is 17.3 Å². The van der Waals surface area contributed by atoms with Crippen LogP contribution in [0.15, 0.2) is 60.7 Å². The number of nitrogens with zero attached hydrogens (tertiary/aromatic N) is 1. The number of benzene rings is 2. The Balaban J connectivity index is 2.01. The van der Waals surface area contributed by atoms with Crippen LogP contribution in [0.25, 0.3) is 10.9 Å². The molecule has 3 rings (SSSR count). The molecule has 0 saturated carbocycles. The molecule has 2 N–H and O–H groups in total. The molecule has 0 aliphatic rings. The van der Waals surface area contributed by atoms with E-state index in [1.54, 1.807) is 0 Å². The van der Waals surface area contributed by atoms with Gasteiger partial charge in [0.2, 0.25) is 0 Å². The molecule has 19 heavy (non-hydrogen) atoms. The number of hydrogen-bond donors (Lipinski definition) is 1. The maximum atomic E-state index is 6.25. The molecule has 1 heterocycles. The van der Waals surface area contributed by atoms with Crippen LogP contribution < -0.4 is 5.73 Å². The third-order valence-electron chi connectivity index (χ3n) is 3.17. The first-order valence-electron chi connectivity index (χ1n) is 6.11. The molecule has 0 fully saturated rings. The highest BCUT2D eigenvalue weighted by Crippen LogP contribution is 2.22. The van der Waals surface area contributed by atoms with Crippen molar-refractivity contribution in [3.8, 4) is 0 Å². The molecular weight excluding hydrogens is 256 g/mol. The number of rotatable bonds is 2. The standard InChI is InChI=1S/C16H13ClN2/c17-13-8-5-12(6-9-13)16(18)15-10-7-11-3-1-2-4-14(11)19-15/h1-10,16H,18H2. The first-order chi connectivity index (χ1) is 9.24. The summed E-state index contributed by atoms with van der Waals surface area (Å²) < 4.78 is 0. The summed E-state index contributed by atoms with van der Waals surface area (Å²) >= 11 is 5.88. The molecular formula is C16H13ClN2. The van der Waals surface area contributed by atoms with Crippen molar-refractivity contribution in [1.82, 2.24) is 4.98 Å². The van der Waals surface area contributed by atoms with Gasteiger partial charge < -0.3 is 5.73 Å². The monoisotopic (exact) mass is 268 g/mol. The third-order valence-corrected chi connectivity index (χ3v) is 3.42. The summed E-state index contributed by atoms with van der Waals surface area (Å²) in [5.74, 6) is 0. The third kappa shape index (κ3) is 2.46. The zero-order valence-electron chi connectivity index (χ0n) is 10.3. The number of aromatic nitrogens is 1. The van der Waals surface area contributed by atoms with E-state index in [-0.39, 0.29) is 6.04 Å². The number of nitrogens with two attached hydrogens (primary N) is 1. The van der Waals surface area contributed by atoms with Crippen LogP contribution in [0.4, 0.5) is 0 Å². The normalized spacial score (nSPS) is 12.5. The van der Waals surface area contributed by atoms with Gasteiger partial charge in [-0.25, -0.2) is 0 Å². The quantitative estimate of drug-likeness (QED) is 0.765. The molecule has 3 heteroatoms. The van der Waals surface area contributed by atoms with E-state index >= 15 is 0 Å². The first kappa shape index (κ1) is 12.2. The van der Waals surface area contributed by atoms with Gasteiger partial charge in [-0.3, -0.25) is 4.98 Å². The average Bonchev–Trinajstić information content (AvgIpc) is 2.47. The highest BCUT2D eigenvalue weighted by Gasteiger charge is 2.10. The lowest BCUT2D eigenvalue weighted by molar-refractivity contribution is 0.836. The molecule has 0 saturated heterocycles. The summed E-state index contributed by atoms with van der Waals surface area (Å²) in [5, 5.41) is 1.83. The van der Waals surface area contributed by atoms with Gasteiger partial charge in [-0.2, -0.15) is 0 Å². The summed E-state index contributed by atoms with van der Waals surface area (Å²) in [6, 6.07) is 19.4. The molecule has 3 aromatic rings. The van der Waals surface area contributed by atoms with E-state index in [2.05, 4.69) is 4.98 Å². The summed E-state index contributed by atoms with van der Waals surface area (Å²) in [5.41, 5.74) is 9.08. The number of halogens is 1. The maximum absolute atomic E-state index is 6.25. The zero-order valence-corrected chi connectivity index (χ0v) is 11.0. The molecule has 0 aliphatic heterocycles. The Morgan fingerprint density at radius 1 is 0.895 bits per heavy atom. The van der Waals surface area contributed by atoms with E-state index in [4.69, 9.17) is 17.3 Å². The van der Waals surface area contributed by atoms with Gasteiger partial charge in [-0.15, -0.1) is 0 Å². The largest absolute Gasteiger partial charge is 0.319 e. The lowest BCUT2D eigenvalue weighted by Gasteiger charge is -2.12. The Bertz CT molecular complexity index is 707. The van der Waals surface area contributed by atoms with Gasteiger partial charge in [0.1, 0.15) is 0 Å². The van der Waals surface area contributed by atoms with E-state index in [1.807, 2.05) is 60.7 Å². The molecule has 1 aromatic heterocycles. The lowest BCUT2D eigenvalue weighted by atomic mass is 10.0. The van der Waals surface area contributed by atoms with Crippen LogP contribution in [0.3, 0.4) is 0 Å². The zero-order chi connectivity index (χ0) is 13.2. The fourth-order valence-corrected chi connectivity index (χ4v) is 2.22. The highest BCUT2D eigenvalue weighted by atomic mass is 35.5. The molecule has 0 aliphatic carbocycles. The molecule has 0 amide bonds. The molecule has 2 nitrogen and oxygen atoms in total. The summed E-state index contributed by atoms with van der Waals surface area (Å²) in [4.78, 5) is 4.62. The summed E-state index contributed by atoms with van der Waals surface area (Å²) in [7, 11) is 0. The molecule has 2 aromatic carbocycles. The van der Waals surface area contributed by atoms with E-state index in [9.17, 15) is 0 Å². The molecule has 0 spiro atoms. The second kappa shape index (κ2) is 5.00. The minimum absolute atomic E-state index is 0.234. The SMILES string of the molecule is NC(c1ccc(Cl)cc1)c1ccc2ccccc2n1. The van der Waals surface area contributed by atoms with Crippen LogP contribution >= 0.6 is 11.6 Å². The molecule has 0 radical (unpaired) electrons. The van der Waals surface area contributed by atoms with Crippen molar-refractivity contribution in [3.63, 3.8) is 0 Å². The number of pyridine rings is 1. The number of fused-ring (bicyclic) bond motifs is 1. The van der Waals surface area contributed by atoms with Crippen molar-refractivity contribution in [2.24, 2.45) is 5.73 Å². The summed E-state index contributed by atoms with van der Waals surface area (Å²) in [6.07, 6.45) is 0. The van der Waals surface area contributed by atoms with Crippen molar-refractivity contribution < 1.29 is 0 Å². The minimum atomic E-state index is -0.234. The maximum Gasteiger partial charge on any atom is 0.0726 e. The predicted octanol–water partition coefficient (Wildman–Crippen LogP) is 3.94. The second-order valence-electron chi connectivity index (χ2n) is 4.46. The smallest absolute Gasteiger partial charge is 0.0726 e. The molecule has 94 valence electrons. The van der Waals surface area contributed by atoms with Crippen LogP contribution in [0, 0.1) is 0 Å². The Hall–Kier alpha value is -1.90. The molecule has 1 atom stereocenters.